The standard InChI is InChI=1S/C12H12N2.C2H6/c13-9-10-4-6-11(7-5-10)12-3-1-2-8-14-12;1-2/h1-8H,9,13H2;1-2H3. The number of nitrogens with zero attached hydrogens (tertiary/aromatic N) is 1. The van der Waals surface area contributed by atoms with Gasteiger partial charge < -0.3 is 5.73 Å². The van der Waals surface area contributed by atoms with Crippen LogP contribution < -0.4 is 5.73 Å². The second-order valence-corrected chi connectivity index (χ2v) is 3.12. The van der Waals surface area contributed by atoms with Crippen LogP contribution in [0.15, 0.2) is 48.7 Å². The third-order valence-corrected chi connectivity index (χ3v) is 2.15. The third kappa shape index (κ3) is 3.17. The molecule has 0 saturated carbocycles. The molecule has 2 heteroatoms. The van der Waals surface area contributed by atoms with Gasteiger partial charge in [0.15, 0.2) is 0 Å². The van der Waals surface area contributed by atoms with Crippen LogP contribution in [0.25, 0.3) is 11.3 Å². The average molecular weight is 214 g/mol. The molecule has 2 rings (SSSR count). The number of rotatable bonds is 2. The maximum absolute atomic E-state index is 5.52. The molecular formula is C14H18N2. The highest BCUT2D eigenvalue weighted by Crippen LogP contribution is 2.16. The molecule has 0 aliphatic carbocycles. The first-order chi connectivity index (χ1) is 7.90. The molecule has 0 aliphatic heterocycles. The predicted octanol–water partition coefficient (Wildman–Crippen LogP) is 3.23. The molecule has 0 atom stereocenters. The van der Waals surface area contributed by atoms with Crippen molar-refractivity contribution in [3.05, 3.63) is 54.2 Å². The van der Waals surface area contributed by atoms with Crippen LogP contribution in [-0.4, -0.2) is 4.98 Å². The molecule has 2 aromatic rings. The van der Waals surface area contributed by atoms with Crippen LogP contribution in [0.3, 0.4) is 0 Å². The smallest absolute Gasteiger partial charge is 0.0701 e. The maximum Gasteiger partial charge on any atom is 0.0701 e. The molecule has 0 saturated heterocycles. The summed E-state index contributed by atoms with van der Waals surface area (Å²) >= 11 is 0. The van der Waals surface area contributed by atoms with Gasteiger partial charge in [-0.15, -0.1) is 0 Å². The number of aromatic nitrogens is 1. The Labute approximate surface area is 97.1 Å². The fourth-order valence-electron chi connectivity index (χ4n) is 1.35. The molecule has 0 fully saturated rings. The molecule has 1 aromatic heterocycles. The summed E-state index contributed by atoms with van der Waals surface area (Å²) in [4.78, 5) is 4.27. The van der Waals surface area contributed by atoms with Gasteiger partial charge in [-0.3, -0.25) is 4.98 Å². The van der Waals surface area contributed by atoms with E-state index in [2.05, 4.69) is 4.98 Å². The van der Waals surface area contributed by atoms with E-state index in [0.29, 0.717) is 6.54 Å². The first kappa shape index (κ1) is 12.4. The molecule has 0 unspecified atom stereocenters. The van der Waals surface area contributed by atoms with Gasteiger partial charge in [0, 0.05) is 18.3 Å². The molecular weight excluding hydrogens is 196 g/mol. The van der Waals surface area contributed by atoms with Gasteiger partial charge in [0.1, 0.15) is 0 Å². The molecule has 1 aromatic carbocycles. The lowest BCUT2D eigenvalue weighted by atomic mass is 10.1. The quantitative estimate of drug-likeness (QED) is 0.833. The maximum atomic E-state index is 5.52. The molecule has 2 nitrogen and oxygen atoms in total. The van der Waals surface area contributed by atoms with Crippen LogP contribution >= 0.6 is 0 Å². The summed E-state index contributed by atoms with van der Waals surface area (Å²) in [5.74, 6) is 0. The summed E-state index contributed by atoms with van der Waals surface area (Å²) in [6.45, 7) is 4.59. The molecule has 0 amide bonds. The highest BCUT2D eigenvalue weighted by atomic mass is 14.7. The molecule has 0 radical (unpaired) electrons. The van der Waals surface area contributed by atoms with Crippen molar-refractivity contribution in [3.63, 3.8) is 0 Å². The average Bonchev–Trinajstić information content (AvgIpc) is 2.42. The van der Waals surface area contributed by atoms with Gasteiger partial charge in [-0.1, -0.05) is 44.2 Å². The van der Waals surface area contributed by atoms with Gasteiger partial charge in [0.25, 0.3) is 0 Å². The van der Waals surface area contributed by atoms with Crippen LogP contribution in [0.5, 0.6) is 0 Å². The van der Waals surface area contributed by atoms with Gasteiger partial charge in [-0.2, -0.15) is 0 Å². The fourth-order valence-corrected chi connectivity index (χ4v) is 1.35. The largest absolute Gasteiger partial charge is 0.326 e. The minimum absolute atomic E-state index is 0.586. The summed E-state index contributed by atoms with van der Waals surface area (Å²) < 4.78 is 0. The lowest BCUT2D eigenvalue weighted by Crippen LogP contribution is -1.95. The number of hydrogen-bond donors (Lipinski definition) is 1. The summed E-state index contributed by atoms with van der Waals surface area (Å²) in [5.41, 5.74) is 8.79. The second kappa shape index (κ2) is 6.75. The Bertz CT molecular complexity index is 393. The van der Waals surface area contributed by atoms with E-state index in [1.165, 1.54) is 0 Å². The minimum Gasteiger partial charge on any atom is -0.326 e. The second-order valence-electron chi connectivity index (χ2n) is 3.12. The van der Waals surface area contributed by atoms with Gasteiger partial charge in [0.2, 0.25) is 0 Å². The minimum atomic E-state index is 0.586. The van der Waals surface area contributed by atoms with E-state index in [1.54, 1.807) is 6.20 Å². The number of benzene rings is 1. The van der Waals surface area contributed by atoms with Gasteiger partial charge in [-0.25, -0.2) is 0 Å². The molecule has 84 valence electrons. The van der Waals surface area contributed by atoms with E-state index in [0.717, 1.165) is 16.8 Å². The van der Waals surface area contributed by atoms with E-state index in [1.807, 2.05) is 56.3 Å². The van der Waals surface area contributed by atoms with Crippen molar-refractivity contribution in [2.75, 3.05) is 0 Å². The summed E-state index contributed by atoms with van der Waals surface area (Å²) in [6, 6.07) is 14.1. The highest BCUT2D eigenvalue weighted by molar-refractivity contribution is 5.58. The Hall–Kier alpha value is -1.67. The summed E-state index contributed by atoms with van der Waals surface area (Å²) in [7, 11) is 0. The number of nitrogens with two attached hydrogens (primary N) is 1. The molecule has 0 spiro atoms. The van der Waals surface area contributed by atoms with E-state index >= 15 is 0 Å². The van der Waals surface area contributed by atoms with Gasteiger partial charge >= 0.3 is 0 Å². The Balaban J connectivity index is 0.000000606. The van der Waals surface area contributed by atoms with Crippen LogP contribution in [-0.2, 0) is 6.54 Å². The lowest BCUT2D eigenvalue weighted by Gasteiger charge is -2.01. The van der Waals surface area contributed by atoms with Crippen molar-refractivity contribution < 1.29 is 0 Å². The molecule has 16 heavy (non-hydrogen) atoms. The number of pyridine rings is 1. The van der Waals surface area contributed by atoms with Crippen molar-refractivity contribution >= 4 is 0 Å². The Kier molecular flexibility index (Phi) is 5.23. The van der Waals surface area contributed by atoms with Crippen molar-refractivity contribution in [2.24, 2.45) is 5.73 Å². The van der Waals surface area contributed by atoms with E-state index in [4.69, 9.17) is 5.73 Å². The van der Waals surface area contributed by atoms with Gasteiger partial charge in [-0.05, 0) is 17.7 Å². The SMILES string of the molecule is CC.NCc1ccc(-c2ccccn2)cc1. The molecule has 0 bridgehead atoms. The Morgan fingerprint density at radius 2 is 1.69 bits per heavy atom. The summed E-state index contributed by atoms with van der Waals surface area (Å²) in [6.07, 6.45) is 1.80. The molecule has 0 aliphatic rings. The monoisotopic (exact) mass is 214 g/mol. The first-order valence-electron chi connectivity index (χ1n) is 5.60. The van der Waals surface area contributed by atoms with Gasteiger partial charge in [0.05, 0.1) is 5.69 Å². The Morgan fingerprint density at radius 1 is 1.00 bits per heavy atom. The van der Waals surface area contributed by atoms with E-state index in [9.17, 15) is 0 Å². The van der Waals surface area contributed by atoms with E-state index in [-0.39, 0.29) is 0 Å². The summed E-state index contributed by atoms with van der Waals surface area (Å²) in [5, 5.41) is 0. The van der Waals surface area contributed by atoms with Crippen molar-refractivity contribution in [1.29, 1.82) is 0 Å². The predicted molar refractivity (Wildman–Crippen MR) is 68.9 cm³/mol. The van der Waals surface area contributed by atoms with Crippen LogP contribution in [0.2, 0.25) is 0 Å². The number of hydrogen-bond acceptors (Lipinski definition) is 2. The normalized spacial score (nSPS) is 9.19. The topological polar surface area (TPSA) is 38.9 Å². The zero-order valence-corrected chi connectivity index (χ0v) is 9.85. The van der Waals surface area contributed by atoms with Crippen LogP contribution in [0.4, 0.5) is 0 Å². The Morgan fingerprint density at radius 3 is 2.19 bits per heavy atom. The zero-order valence-electron chi connectivity index (χ0n) is 9.85. The highest BCUT2D eigenvalue weighted by Gasteiger charge is 1.96. The van der Waals surface area contributed by atoms with Crippen LogP contribution in [0, 0.1) is 0 Å². The fraction of sp³-hybridized carbons (Fsp3) is 0.214. The van der Waals surface area contributed by atoms with Crippen molar-refractivity contribution in [2.45, 2.75) is 20.4 Å². The van der Waals surface area contributed by atoms with Crippen molar-refractivity contribution in [1.82, 2.24) is 4.98 Å². The van der Waals surface area contributed by atoms with E-state index < -0.39 is 0 Å². The first-order valence-corrected chi connectivity index (χ1v) is 5.60. The zero-order chi connectivity index (χ0) is 11.8. The van der Waals surface area contributed by atoms with Crippen LogP contribution in [0.1, 0.15) is 19.4 Å². The lowest BCUT2D eigenvalue weighted by molar-refractivity contribution is 1.07. The molecule has 2 N–H and O–H groups in total. The van der Waals surface area contributed by atoms with Crippen molar-refractivity contribution in [3.8, 4) is 11.3 Å². The molecule has 1 heterocycles. The third-order valence-electron chi connectivity index (χ3n) is 2.15.